The van der Waals surface area contributed by atoms with Crippen LogP contribution in [0.2, 0.25) is 5.02 Å². The van der Waals surface area contributed by atoms with Gasteiger partial charge in [-0.25, -0.2) is 5.01 Å². The lowest BCUT2D eigenvalue weighted by Crippen LogP contribution is -2.32. The fraction of sp³-hybridized carbons (Fsp3) is 0.240. The standard InChI is InChI=1S/C25H23ClN4O3/c26-18-11-9-17(10-12-18)20-15-22(23-7-4-14-33-23)30(28-20)25(32)16-27-19-5-1-2-6-21(19)29-13-3-8-24(29)31/h1-2,4-7,9-12,14,22,27H,3,8,13,15-16H2/t22-/m0/s1. The molecule has 3 aromatic rings. The molecule has 2 amide bonds. The molecule has 1 fully saturated rings. The second-order valence-corrected chi connectivity index (χ2v) is 8.48. The number of rotatable bonds is 6. The van der Waals surface area contributed by atoms with Crippen molar-refractivity contribution in [2.75, 3.05) is 23.3 Å². The van der Waals surface area contributed by atoms with Crippen molar-refractivity contribution in [2.24, 2.45) is 5.10 Å². The Bertz CT molecular complexity index is 1190. The van der Waals surface area contributed by atoms with Crippen LogP contribution in [0.25, 0.3) is 0 Å². The molecule has 2 aliphatic rings. The highest BCUT2D eigenvalue weighted by Gasteiger charge is 2.35. The minimum absolute atomic E-state index is 0.0354. The number of nitrogens with zero attached hydrogens (tertiary/aromatic N) is 3. The van der Waals surface area contributed by atoms with Crippen LogP contribution in [0.3, 0.4) is 0 Å². The molecule has 1 N–H and O–H groups in total. The Kier molecular flexibility index (Phi) is 5.88. The molecule has 33 heavy (non-hydrogen) atoms. The van der Waals surface area contributed by atoms with Gasteiger partial charge >= 0.3 is 0 Å². The average molecular weight is 463 g/mol. The first-order valence-electron chi connectivity index (χ1n) is 10.9. The van der Waals surface area contributed by atoms with Crippen molar-refractivity contribution in [1.82, 2.24) is 5.01 Å². The van der Waals surface area contributed by atoms with Crippen LogP contribution in [0.15, 0.2) is 76.4 Å². The van der Waals surface area contributed by atoms with Crippen molar-refractivity contribution < 1.29 is 14.0 Å². The fourth-order valence-corrected chi connectivity index (χ4v) is 4.40. The molecule has 0 aliphatic carbocycles. The molecule has 1 aromatic heterocycles. The molecular formula is C25H23ClN4O3. The smallest absolute Gasteiger partial charge is 0.262 e. The van der Waals surface area contributed by atoms with Crippen molar-refractivity contribution in [3.05, 3.63) is 83.3 Å². The lowest BCUT2D eigenvalue weighted by Gasteiger charge is -2.22. The van der Waals surface area contributed by atoms with Crippen LogP contribution in [0.1, 0.15) is 36.6 Å². The van der Waals surface area contributed by atoms with Gasteiger partial charge in [-0.15, -0.1) is 0 Å². The maximum absolute atomic E-state index is 13.3. The number of amides is 2. The van der Waals surface area contributed by atoms with Crippen LogP contribution in [0.5, 0.6) is 0 Å². The molecule has 0 spiro atoms. The van der Waals surface area contributed by atoms with Crippen molar-refractivity contribution >= 4 is 40.5 Å². The van der Waals surface area contributed by atoms with Crippen LogP contribution in [0, 0.1) is 0 Å². The van der Waals surface area contributed by atoms with Gasteiger partial charge in [-0.05, 0) is 48.4 Å². The van der Waals surface area contributed by atoms with Crippen LogP contribution < -0.4 is 10.2 Å². The predicted molar refractivity (Wildman–Crippen MR) is 127 cm³/mol. The van der Waals surface area contributed by atoms with Crippen LogP contribution in [-0.2, 0) is 9.59 Å². The van der Waals surface area contributed by atoms with Gasteiger partial charge in [-0.2, -0.15) is 5.10 Å². The van der Waals surface area contributed by atoms with E-state index in [1.54, 1.807) is 17.2 Å². The Morgan fingerprint density at radius 1 is 1.12 bits per heavy atom. The number of hydrazone groups is 1. The summed E-state index contributed by atoms with van der Waals surface area (Å²) in [6, 6.07) is 18.3. The molecule has 7 nitrogen and oxygen atoms in total. The number of hydrogen-bond acceptors (Lipinski definition) is 5. The van der Waals surface area contributed by atoms with Gasteiger partial charge in [0.1, 0.15) is 11.8 Å². The van der Waals surface area contributed by atoms with E-state index in [9.17, 15) is 9.59 Å². The first kappa shape index (κ1) is 21.3. The number of nitrogens with one attached hydrogen (secondary N) is 1. The molecule has 1 atom stereocenters. The average Bonchev–Trinajstić information content (AvgIpc) is 3.59. The highest BCUT2D eigenvalue weighted by molar-refractivity contribution is 6.30. The van der Waals surface area contributed by atoms with Crippen molar-refractivity contribution in [3.63, 3.8) is 0 Å². The zero-order chi connectivity index (χ0) is 22.8. The Labute approximate surface area is 196 Å². The number of halogens is 1. The summed E-state index contributed by atoms with van der Waals surface area (Å²) in [5, 5.41) is 9.99. The summed E-state index contributed by atoms with van der Waals surface area (Å²) in [5.41, 5.74) is 3.25. The fourth-order valence-electron chi connectivity index (χ4n) is 4.27. The Morgan fingerprint density at radius 3 is 2.67 bits per heavy atom. The molecule has 2 aromatic carbocycles. The highest BCUT2D eigenvalue weighted by atomic mass is 35.5. The summed E-state index contributed by atoms with van der Waals surface area (Å²) in [6.45, 7) is 0.723. The molecule has 0 radical (unpaired) electrons. The van der Waals surface area contributed by atoms with Crippen LogP contribution in [-0.4, -0.2) is 35.6 Å². The number of benzene rings is 2. The first-order chi connectivity index (χ1) is 16.1. The second kappa shape index (κ2) is 9.11. The summed E-state index contributed by atoms with van der Waals surface area (Å²) >= 11 is 6.02. The molecule has 168 valence electrons. The third-order valence-electron chi connectivity index (χ3n) is 5.91. The van der Waals surface area contributed by atoms with E-state index in [-0.39, 0.29) is 24.4 Å². The molecule has 0 bridgehead atoms. The third kappa shape index (κ3) is 4.36. The largest absolute Gasteiger partial charge is 0.467 e. The van der Waals surface area contributed by atoms with Gasteiger partial charge in [-0.1, -0.05) is 35.9 Å². The number of anilines is 2. The van der Waals surface area contributed by atoms with E-state index in [0.717, 1.165) is 29.1 Å². The summed E-state index contributed by atoms with van der Waals surface area (Å²) in [4.78, 5) is 27.3. The van der Waals surface area contributed by atoms with Gasteiger partial charge in [0.2, 0.25) is 5.91 Å². The quantitative estimate of drug-likeness (QED) is 0.568. The first-order valence-corrected chi connectivity index (χ1v) is 11.3. The Hall–Kier alpha value is -3.58. The second-order valence-electron chi connectivity index (χ2n) is 8.05. The van der Waals surface area contributed by atoms with Gasteiger partial charge in [0.05, 0.1) is 29.9 Å². The van der Waals surface area contributed by atoms with Crippen LogP contribution in [0.4, 0.5) is 11.4 Å². The lowest BCUT2D eigenvalue weighted by atomic mass is 10.0. The normalized spacial score (nSPS) is 18.0. The van der Waals surface area contributed by atoms with E-state index in [1.807, 2.05) is 54.6 Å². The van der Waals surface area contributed by atoms with E-state index in [1.165, 1.54) is 5.01 Å². The van der Waals surface area contributed by atoms with E-state index in [4.69, 9.17) is 16.0 Å². The zero-order valence-corrected chi connectivity index (χ0v) is 18.7. The SMILES string of the molecule is O=C1CCCN1c1ccccc1NCC(=O)N1N=C(c2ccc(Cl)cc2)C[C@H]1c1ccco1. The lowest BCUT2D eigenvalue weighted by molar-refractivity contribution is -0.131. The van der Waals surface area contributed by atoms with Gasteiger partial charge < -0.3 is 14.6 Å². The Morgan fingerprint density at radius 2 is 1.94 bits per heavy atom. The monoisotopic (exact) mass is 462 g/mol. The van der Waals surface area contributed by atoms with Crippen molar-refractivity contribution in [3.8, 4) is 0 Å². The van der Waals surface area contributed by atoms with Gasteiger partial charge in [-0.3, -0.25) is 9.59 Å². The minimum atomic E-state index is -0.324. The predicted octanol–water partition coefficient (Wildman–Crippen LogP) is 4.85. The van der Waals surface area contributed by atoms with E-state index >= 15 is 0 Å². The van der Waals surface area contributed by atoms with Gasteiger partial charge in [0.15, 0.2) is 0 Å². The number of hydrogen-bond donors (Lipinski definition) is 1. The van der Waals surface area contributed by atoms with E-state index < -0.39 is 0 Å². The summed E-state index contributed by atoms with van der Waals surface area (Å²) in [5.74, 6) is 0.590. The van der Waals surface area contributed by atoms with Crippen LogP contribution >= 0.6 is 11.6 Å². The summed E-state index contributed by atoms with van der Waals surface area (Å²) < 4.78 is 5.61. The molecule has 0 unspecified atom stereocenters. The van der Waals surface area contributed by atoms with Gasteiger partial charge in [0.25, 0.3) is 5.91 Å². The topological polar surface area (TPSA) is 78.2 Å². The molecule has 8 heteroatoms. The maximum atomic E-state index is 13.3. The minimum Gasteiger partial charge on any atom is -0.467 e. The molecule has 1 saturated heterocycles. The highest BCUT2D eigenvalue weighted by Crippen LogP contribution is 2.34. The number of furan rings is 1. The Balaban J connectivity index is 1.36. The number of carbonyl (C=O) groups is 2. The molecule has 3 heterocycles. The van der Waals surface area contributed by atoms with Gasteiger partial charge in [0, 0.05) is 24.4 Å². The molecule has 5 rings (SSSR count). The number of carbonyl (C=O) groups excluding carboxylic acids is 2. The third-order valence-corrected chi connectivity index (χ3v) is 6.17. The molecule has 0 saturated carbocycles. The van der Waals surface area contributed by atoms with Crippen molar-refractivity contribution in [2.45, 2.75) is 25.3 Å². The van der Waals surface area contributed by atoms with E-state index in [0.29, 0.717) is 30.2 Å². The zero-order valence-electron chi connectivity index (χ0n) is 17.9. The molecular weight excluding hydrogens is 440 g/mol. The van der Waals surface area contributed by atoms with E-state index in [2.05, 4.69) is 10.4 Å². The summed E-state index contributed by atoms with van der Waals surface area (Å²) in [6.07, 6.45) is 3.53. The molecule has 2 aliphatic heterocycles. The number of para-hydroxylation sites is 2. The van der Waals surface area contributed by atoms with Crippen molar-refractivity contribution in [1.29, 1.82) is 0 Å². The maximum Gasteiger partial charge on any atom is 0.262 e. The summed E-state index contributed by atoms with van der Waals surface area (Å²) in [7, 11) is 0.